The highest BCUT2D eigenvalue weighted by Crippen LogP contribution is 2.45. The molecule has 0 atom stereocenters. The number of carbonyl (C=O) groups is 2. The Morgan fingerprint density at radius 3 is 2.56 bits per heavy atom. The average Bonchev–Trinajstić information content (AvgIpc) is 2.56. The zero-order valence-corrected chi connectivity index (χ0v) is 17.7. The predicted octanol–water partition coefficient (Wildman–Crippen LogP) is 4.93. The molecule has 0 radical (unpaired) electrons. The number of rotatable bonds is 5. The molecule has 4 nitrogen and oxygen atoms in total. The van der Waals surface area contributed by atoms with Gasteiger partial charge >= 0.3 is 0 Å². The lowest BCUT2D eigenvalue weighted by Gasteiger charge is -2.43. The van der Waals surface area contributed by atoms with E-state index in [9.17, 15) is 9.59 Å². The van der Waals surface area contributed by atoms with Crippen molar-refractivity contribution in [1.29, 1.82) is 0 Å². The molecule has 6 heteroatoms. The minimum atomic E-state index is -0.562. The maximum Gasteiger partial charge on any atom is 0.243 e. The van der Waals surface area contributed by atoms with Crippen molar-refractivity contribution in [2.45, 2.75) is 31.6 Å². The van der Waals surface area contributed by atoms with Crippen LogP contribution in [0.3, 0.4) is 0 Å². The third-order valence-electron chi connectivity index (χ3n) is 5.18. The molecule has 2 amide bonds. The van der Waals surface area contributed by atoms with E-state index in [4.69, 9.17) is 11.6 Å². The van der Waals surface area contributed by atoms with Gasteiger partial charge in [0.25, 0.3) is 0 Å². The second-order valence-corrected chi connectivity index (χ2v) is 8.47. The van der Waals surface area contributed by atoms with Crippen LogP contribution < -0.4 is 5.32 Å². The topological polar surface area (TPSA) is 49.4 Å². The predicted molar refractivity (Wildman–Crippen MR) is 112 cm³/mol. The molecule has 1 N–H and O–H groups in total. The molecule has 1 aliphatic carbocycles. The number of amides is 2. The largest absolute Gasteiger partial charge is 0.336 e. The van der Waals surface area contributed by atoms with Crippen LogP contribution in [0.4, 0.5) is 5.69 Å². The van der Waals surface area contributed by atoms with Gasteiger partial charge in [-0.2, -0.15) is 0 Å². The highest BCUT2D eigenvalue weighted by molar-refractivity contribution is 9.10. The van der Waals surface area contributed by atoms with Crippen LogP contribution in [0.1, 0.15) is 30.4 Å². The first-order valence-electron chi connectivity index (χ1n) is 8.89. The molecule has 1 fully saturated rings. The van der Waals surface area contributed by atoms with Crippen LogP contribution in [0, 0.1) is 6.92 Å². The summed E-state index contributed by atoms with van der Waals surface area (Å²) < 4.78 is 0.957. The van der Waals surface area contributed by atoms with Crippen LogP contribution in [0.15, 0.2) is 46.9 Å². The normalized spacial score (nSPS) is 15.0. The fourth-order valence-corrected chi connectivity index (χ4v) is 4.22. The van der Waals surface area contributed by atoms with E-state index in [0.29, 0.717) is 5.02 Å². The summed E-state index contributed by atoms with van der Waals surface area (Å²) >= 11 is 9.53. The van der Waals surface area contributed by atoms with Gasteiger partial charge in [0.15, 0.2) is 0 Å². The summed E-state index contributed by atoms with van der Waals surface area (Å²) in [4.78, 5) is 27.1. The Morgan fingerprint density at radius 2 is 1.96 bits per heavy atom. The summed E-state index contributed by atoms with van der Waals surface area (Å²) in [7, 11) is 1.68. The lowest BCUT2D eigenvalue weighted by Crippen LogP contribution is -2.51. The number of halogens is 2. The molecule has 2 aromatic carbocycles. The van der Waals surface area contributed by atoms with Gasteiger partial charge in [-0.15, -0.1) is 0 Å². The number of likely N-dealkylation sites (N-methyl/N-ethyl adjacent to an activating group) is 1. The Balaban J connectivity index is 1.70. The molecule has 142 valence electrons. The van der Waals surface area contributed by atoms with Crippen molar-refractivity contribution >= 4 is 45.0 Å². The zero-order valence-electron chi connectivity index (χ0n) is 15.4. The van der Waals surface area contributed by atoms with Gasteiger partial charge in [0.2, 0.25) is 11.8 Å². The molecule has 27 heavy (non-hydrogen) atoms. The number of nitrogens with zero attached hydrogens (tertiary/aromatic N) is 1. The summed E-state index contributed by atoms with van der Waals surface area (Å²) in [5.74, 6) is -0.240. The fourth-order valence-electron chi connectivity index (χ4n) is 3.55. The molecule has 0 saturated heterocycles. The molecule has 0 spiro atoms. The van der Waals surface area contributed by atoms with Crippen molar-refractivity contribution in [3.8, 4) is 0 Å². The molecule has 2 aromatic rings. The lowest BCUT2D eigenvalue weighted by molar-refractivity contribution is -0.141. The van der Waals surface area contributed by atoms with E-state index in [1.165, 1.54) is 4.90 Å². The van der Waals surface area contributed by atoms with Gasteiger partial charge < -0.3 is 10.2 Å². The van der Waals surface area contributed by atoms with Crippen LogP contribution in [0.25, 0.3) is 0 Å². The lowest BCUT2D eigenvalue weighted by atomic mass is 9.63. The van der Waals surface area contributed by atoms with Gasteiger partial charge in [0.05, 0.1) is 12.0 Å². The van der Waals surface area contributed by atoms with E-state index in [2.05, 4.69) is 21.2 Å². The molecule has 1 aliphatic rings. The number of aryl methyl sites for hydroxylation is 1. The Morgan fingerprint density at radius 1 is 1.22 bits per heavy atom. The Bertz CT molecular complexity index is 880. The Kier molecular flexibility index (Phi) is 5.92. The van der Waals surface area contributed by atoms with E-state index in [1.807, 2.05) is 43.3 Å². The molecule has 0 aromatic heterocycles. The minimum absolute atomic E-state index is 0.0106. The van der Waals surface area contributed by atoms with Crippen molar-refractivity contribution < 1.29 is 9.59 Å². The highest BCUT2D eigenvalue weighted by atomic mass is 79.9. The second-order valence-electron chi connectivity index (χ2n) is 7.11. The van der Waals surface area contributed by atoms with Gasteiger partial charge in [-0.05, 0) is 61.2 Å². The van der Waals surface area contributed by atoms with Crippen molar-refractivity contribution in [2.24, 2.45) is 0 Å². The van der Waals surface area contributed by atoms with E-state index in [1.54, 1.807) is 13.1 Å². The quantitative estimate of drug-likeness (QED) is 0.703. The van der Waals surface area contributed by atoms with E-state index < -0.39 is 5.41 Å². The first-order chi connectivity index (χ1) is 12.8. The Hall–Kier alpha value is -1.85. The fraction of sp³-hybridized carbons (Fsp3) is 0.333. The third-order valence-corrected chi connectivity index (χ3v) is 5.91. The first-order valence-corrected chi connectivity index (χ1v) is 10.1. The minimum Gasteiger partial charge on any atom is -0.336 e. The van der Waals surface area contributed by atoms with Crippen molar-refractivity contribution in [2.75, 3.05) is 18.9 Å². The van der Waals surface area contributed by atoms with Crippen LogP contribution in [-0.2, 0) is 15.0 Å². The summed E-state index contributed by atoms with van der Waals surface area (Å²) in [6.45, 7) is 1.94. The molecular weight excluding hydrogens is 428 g/mol. The number of nitrogens with one attached hydrogen (secondary N) is 1. The maximum absolute atomic E-state index is 13.2. The van der Waals surface area contributed by atoms with Gasteiger partial charge in [-0.3, -0.25) is 9.59 Å². The average molecular weight is 450 g/mol. The second kappa shape index (κ2) is 8.03. The van der Waals surface area contributed by atoms with Crippen molar-refractivity contribution in [1.82, 2.24) is 4.90 Å². The van der Waals surface area contributed by atoms with Crippen LogP contribution in [0.2, 0.25) is 5.02 Å². The zero-order chi connectivity index (χ0) is 19.6. The molecule has 0 aliphatic heterocycles. The Labute approximate surface area is 173 Å². The van der Waals surface area contributed by atoms with E-state index in [0.717, 1.165) is 40.5 Å². The molecular formula is C21H22BrClN2O2. The smallest absolute Gasteiger partial charge is 0.243 e. The molecule has 3 rings (SSSR count). The van der Waals surface area contributed by atoms with E-state index in [-0.39, 0.29) is 18.4 Å². The number of hydrogen-bond donors (Lipinski definition) is 1. The van der Waals surface area contributed by atoms with Gasteiger partial charge in [-0.25, -0.2) is 0 Å². The van der Waals surface area contributed by atoms with Crippen LogP contribution in [0.5, 0.6) is 0 Å². The van der Waals surface area contributed by atoms with Crippen LogP contribution in [-0.4, -0.2) is 30.3 Å². The SMILES string of the molecule is Cc1cc(Br)ccc1NC(=O)CN(C)C(=O)C1(c2cccc(Cl)c2)CCC1. The summed E-state index contributed by atoms with van der Waals surface area (Å²) in [5.41, 5.74) is 2.08. The molecule has 0 unspecified atom stereocenters. The number of benzene rings is 2. The summed E-state index contributed by atoms with van der Waals surface area (Å²) in [5, 5.41) is 3.51. The van der Waals surface area contributed by atoms with Gasteiger partial charge in [0, 0.05) is 22.2 Å². The van der Waals surface area contributed by atoms with E-state index >= 15 is 0 Å². The van der Waals surface area contributed by atoms with Crippen molar-refractivity contribution in [3.05, 3.63) is 63.1 Å². The standard InChI is InChI=1S/C21H22BrClN2O2/c1-14-11-16(22)7-8-18(14)24-19(26)13-25(2)20(27)21(9-4-10-21)15-5-3-6-17(23)12-15/h3,5-8,11-12H,4,9-10,13H2,1-2H3,(H,24,26). The monoisotopic (exact) mass is 448 g/mol. The highest BCUT2D eigenvalue weighted by Gasteiger charge is 2.47. The molecule has 0 heterocycles. The van der Waals surface area contributed by atoms with Gasteiger partial charge in [0.1, 0.15) is 0 Å². The summed E-state index contributed by atoms with van der Waals surface area (Å²) in [6, 6.07) is 13.1. The number of carbonyl (C=O) groups excluding carboxylic acids is 2. The number of anilines is 1. The summed E-state index contributed by atoms with van der Waals surface area (Å²) in [6.07, 6.45) is 2.56. The molecule has 0 bridgehead atoms. The maximum atomic E-state index is 13.2. The first kappa shape index (κ1) is 19.9. The van der Waals surface area contributed by atoms with Crippen molar-refractivity contribution in [3.63, 3.8) is 0 Å². The third kappa shape index (κ3) is 4.19. The van der Waals surface area contributed by atoms with Crippen LogP contribution >= 0.6 is 27.5 Å². The van der Waals surface area contributed by atoms with Gasteiger partial charge in [-0.1, -0.05) is 46.1 Å². The number of hydrogen-bond acceptors (Lipinski definition) is 2. The molecule has 1 saturated carbocycles.